The molecule has 0 spiro atoms. The first-order valence-electron chi connectivity index (χ1n) is 5.88. The van der Waals surface area contributed by atoms with Crippen LogP contribution in [0.1, 0.15) is 13.8 Å². The highest BCUT2D eigenvalue weighted by Gasteiger charge is 2.38. The zero-order valence-corrected chi connectivity index (χ0v) is 11.2. The molecule has 1 amide bonds. The average Bonchev–Trinajstić information content (AvgIpc) is 2.31. The number of benzene rings is 1. The second-order valence-corrected chi connectivity index (χ2v) is 5.60. The second kappa shape index (κ2) is 4.88. The van der Waals surface area contributed by atoms with Gasteiger partial charge in [-0.2, -0.15) is 0 Å². The lowest BCUT2D eigenvalue weighted by Crippen LogP contribution is -2.66. The topological polar surface area (TPSA) is 52.6 Å². The van der Waals surface area contributed by atoms with Gasteiger partial charge in [-0.3, -0.25) is 10.1 Å². The molecule has 0 aromatic heterocycles. The minimum absolute atomic E-state index is 0.126. The van der Waals surface area contributed by atoms with Gasteiger partial charge in [-0.15, -0.1) is 0 Å². The fourth-order valence-corrected chi connectivity index (χ4v) is 2.41. The summed E-state index contributed by atoms with van der Waals surface area (Å²) in [7, 11) is 0. The molecule has 1 atom stereocenters. The van der Waals surface area contributed by atoms with E-state index in [0.29, 0.717) is 11.6 Å². The third kappa shape index (κ3) is 2.66. The van der Waals surface area contributed by atoms with Crippen molar-refractivity contribution in [2.24, 2.45) is 0 Å². The van der Waals surface area contributed by atoms with Crippen molar-refractivity contribution in [2.75, 3.05) is 18.1 Å². The number of hydrogen-bond donors (Lipinski definition) is 2. The number of aliphatic hydroxyl groups excluding tert-OH is 1. The molecule has 2 N–H and O–H groups in total. The number of carbonyl (C=O) groups is 1. The SMILES string of the molecule is CC1(C)CN(c2cccc(Cl)c2)C(=O)C(CO)N1. The molecule has 4 nitrogen and oxygen atoms in total. The fraction of sp³-hybridized carbons (Fsp3) is 0.462. The average molecular weight is 269 g/mol. The number of hydrogen-bond acceptors (Lipinski definition) is 3. The molecule has 1 fully saturated rings. The van der Waals surface area contributed by atoms with Gasteiger partial charge in [0.05, 0.1) is 6.61 Å². The van der Waals surface area contributed by atoms with E-state index in [0.717, 1.165) is 5.69 Å². The summed E-state index contributed by atoms with van der Waals surface area (Å²) in [5.74, 6) is -0.126. The van der Waals surface area contributed by atoms with E-state index < -0.39 is 6.04 Å². The van der Waals surface area contributed by atoms with Crippen LogP contribution in [-0.4, -0.2) is 35.7 Å². The minimum atomic E-state index is -0.562. The van der Waals surface area contributed by atoms with Crippen LogP contribution in [0.25, 0.3) is 0 Å². The molecule has 0 aliphatic carbocycles. The molecule has 1 aliphatic heterocycles. The normalized spacial score (nSPS) is 23.2. The Labute approximate surface area is 112 Å². The van der Waals surface area contributed by atoms with Gasteiger partial charge in [-0.1, -0.05) is 17.7 Å². The van der Waals surface area contributed by atoms with Crippen molar-refractivity contribution in [2.45, 2.75) is 25.4 Å². The number of nitrogens with zero attached hydrogens (tertiary/aromatic N) is 1. The molecule has 0 radical (unpaired) electrons. The first-order valence-corrected chi connectivity index (χ1v) is 6.26. The molecule has 1 unspecified atom stereocenters. The minimum Gasteiger partial charge on any atom is -0.394 e. The largest absolute Gasteiger partial charge is 0.394 e. The van der Waals surface area contributed by atoms with Crippen LogP contribution in [0, 0.1) is 0 Å². The number of nitrogens with one attached hydrogen (secondary N) is 1. The van der Waals surface area contributed by atoms with Crippen molar-refractivity contribution in [1.82, 2.24) is 5.32 Å². The van der Waals surface area contributed by atoms with Crippen LogP contribution in [0.2, 0.25) is 5.02 Å². The van der Waals surface area contributed by atoms with Gasteiger partial charge < -0.3 is 10.0 Å². The van der Waals surface area contributed by atoms with E-state index in [4.69, 9.17) is 11.6 Å². The Balaban J connectivity index is 2.33. The van der Waals surface area contributed by atoms with Crippen molar-refractivity contribution in [3.8, 4) is 0 Å². The number of anilines is 1. The number of halogens is 1. The standard InChI is InChI=1S/C13H17ClN2O2/c1-13(2)8-16(12(18)11(7-17)15-13)10-5-3-4-9(14)6-10/h3-6,11,15,17H,7-8H2,1-2H3. The Hall–Kier alpha value is -1.10. The highest BCUT2D eigenvalue weighted by molar-refractivity contribution is 6.30. The van der Waals surface area contributed by atoms with E-state index >= 15 is 0 Å². The number of amides is 1. The summed E-state index contributed by atoms with van der Waals surface area (Å²) in [6.07, 6.45) is 0. The molecule has 1 aromatic rings. The quantitative estimate of drug-likeness (QED) is 0.853. The number of piperazine rings is 1. The van der Waals surface area contributed by atoms with Gasteiger partial charge in [0.1, 0.15) is 6.04 Å². The number of rotatable bonds is 2. The summed E-state index contributed by atoms with van der Waals surface area (Å²) in [5, 5.41) is 13.0. The molecular weight excluding hydrogens is 252 g/mol. The molecular formula is C13H17ClN2O2. The molecule has 18 heavy (non-hydrogen) atoms. The molecule has 1 aromatic carbocycles. The van der Waals surface area contributed by atoms with Crippen molar-refractivity contribution < 1.29 is 9.90 Å². The highest BCUT2D eigenvalue weighted by atomic mass is 35.5. The van der Waals surface area contributed by atoms with Gasteiger partial charge in [0.15, 0.2) is 0 Å². The van der Waals surface area contributed by atoms with Gasteiger partial charge in [0.2, 0.25) is 5.91 Å². The van der Waals surface area contributed by atoms with E-state index in [-0.39, 0.29) is 18.1 Å². The highest BCUT2D eigenvalue weighted by Crippen LogP contribution is 2.25. The van der Waals surface area contributed by atoms with Gasteiger partial charge in [0, 0.05) is 22.8 Å². The maximum atomic E-state index is 12.2. The van der Waals surface area contributed by atoms with Gasteiger partial charge in [0.25, 0.3) is 0 Å². The molecule has 0 saturated carbocycles. The van der Waals surface area contributed by atoms with Gasteiger partial charge in [-0.05, 0) is 32.0 Å². The Morgan fingerprint density at radius 1 is 1.56 bits per heavy atom. The Kier molecular flexibility index (Phi) is 3.61. The van der Waals surface area contributed by atoms with Crippen molar-refractivity contribution in [3.05, 3.63) is 29.3 Å². The van der Waals surface area contributed by atoms with Crippen LogP contribution in [0.15, 0.2) is 24.3 Å². The summed E-state index contributed by atoms with van der Waals surface area (Å²) >= 11 is 5.95. The number of aliphatic hydroxyl groups is 1. The van der Waals surface area contributed by atoms with Crippen LogP contribution in [-0.2, 0) is 4.79 Å². The van der Waals surface area contributed by atoms with Crippen molar-refractivity contribution in [1.29, 1.82) is 0 Å². The molecule has 1 aliphatic rings. The lowest BCUT2D eigenvalue weighted by Gasteiger charge is -2.42. The first-order chi connectivity index (χ1) is 8.43. The summed E-state index contributed by atoms with van der Waals surface area (Å²) in [5.41, 5.74) is 0.518. The Bertz CT molecular complexity index is 462. The summed E-state index contributed by atoms with van der Waals surface area (Å²) in [4.78, 5) is 13.9. The Morgan fingerprint density at radius 2 is 2.28 bits per heavy atom. The molecule has 1 saturated heterocycles. The third-order valence-corrected chi connectivity index (χ3v) is 3.22. The van der Waals surface area contributed by atoms with Crippen LogP contribution in [0.5, 0.6) is 0 Å². The first kappa shape index (κ1) is 13.3. The van der Waals surface area contributed by atoms with Gasteiger partial charge >= 0.3 is 0 Å². The third-order valence-electron chi connectivity index (χ3n) is 2.98. The smallest absolute Gasteiger partial charge is 0.246 e. The monoisotopic (exact) mass is 268 g/mol. The molecule has 98 valence electrons. The van der Waals surface area contributed by atoms with Crippen molar-refractivity contribution >= 4 is 23.2 Å². The molecule has 0 bridgehead atoms. The predicted molar refractivity (Wildman–Crippen MR) is 71.9 cm³/mol. The lowest BCUT2D eigenvalue weighted by molar-refractivity contribution is -0.124. The van der Waals surface area contributed by atoms with Gasteiger partial charge in [-0.25, -0.2) is 0 Å². The molecule has 5 heteroatoms. The molecule has 2 rings (SSSR count). The van der Waals surface area contributed by atoms with Crippen LogP contribution in [0.4, 0.5) is 5.69 Å². The van der Waals surface area contributed by atoms with E-state index in [1.54, 1.807) is 17.0 Å². The number of carbonyl (C=O) groups excluding carboxylic acids is 1. The second-order valence-electron chi connectivity index (χ2n) is 5.17. The van der Waals surface area contributed by atoms with E-state index in [1.165, 1.54) is 0 Å². The molecule has 1 heterocycles. The summed E-state index contributed by atoms with van der Waals surface area (Å²) < 4.78 is 0. The van der Waals surface area contributed by atoms with Crippen molar-refractivity contribution in [3.63, 3.8) is 0 Å². The summed E-state index contributed by atoms with van der Waals surface area (Å²) in [6, 6.07) is 6.63. The van der Waals surface area contributed by atoms with E-state index in [2.05, 4.69) is 5.32 Å². The predicted octanol–water partition coefficient (Wildman–Crippen LogP) is 1.42. The van der Waals surface area contributed by atoms with Crippen LogP contribution < -0.4 is 10.2 Å². The maximum Gasteiger partial charge on any atom is 0.246 e. The van der Waals surface area contributed by atoms with Crippen LogP contribution in [0.3, 0.4) is 0 Å². The Morgan fingerprint density at radius 3 is 2.89 bits per heavy atom. The zero-order valence-electron chi connectivity index (χ0n) is 10.5. The zero-order chi connectivity index (χ0) is 13.3. The van der Waals surface area contributed by atoms with E-state index in [9.17, 15) is 9.90 Å². The summed E-state index contributed by atoms with van der Waals surface area (Å²) in [6.45, 7) is 4.33. The van der Waals surface area contributed by atoms with E-state index in [1.807, 2.05) is 26.0 Å². The maximum absolute atomic E-state index is 12.2. The fourth-order valence-electron chi connectivity index (χ4n) is 2.23. The van der Waals surface area contributed by atoms with Crippen LogP contribution >= 0.6 is 11.6 Å². The lowest BCUT2D eigenvalue weighted by atomic mass is 9.97.